The van der Waals surface area contributed by atoms with Crippen molar-refractivity contribution in [2.75, 3.05) is 63.0 Å². The second kappa shape index (κ2) is 17.3. The summed E-state index contributed by atoms with van der Waals surface area (Å²) >= 11 is 0. The Morgan fingerprint density at radius 2 is 0.800 bits per heavy atom. The molecule has 0 aromatic carbocycles. The van der Waals surface area contributed by atoms with Crippen molar-refractivity contribution in [3.05, 3.63) is 0 Å². The van der Waals surface area contributed by atoms with Crippen LogP contribution in [-0.2, 0) is 18.9 Å². The van der Waals surface area contributed by atoms with E-state index < -0.39 is 0 Å². The van der Waals surface area contributed by atoms with E-state index in [0.717, 1.165) is 49.4 Å². The van der Waals surface area contributed by atoms with Gasteiger partial charge < -0.3 is 18.9 Å². The molecule has 120 valence electrons. The zero-order chi connectivity index (χ0) is 14.1. The van der Waals surface area contributed by atoms with Crippen molar-refractivity contribution in [2.45, 2.75) is 0 Å². The van der Waals surface area contributed by atoms with E-state index in [1.165, 1.54) is 0 Å². The van der Waals surface area contributed by atoms with Gasteiger partial charge in [0.2, 0.25) is 0 Å². The lowest BCUT2D eigenvalue weighted by Gasteiger charge is -2.07. The smallest absolute Gasteiger partial charge is 0.146 e. The molecule has 1 aliphatic heterocycles. The summed E-state index contributed by atoms with van der Waals surface area (Å²) in [6, 6.07) is 0. The molecule has 0 aromatic rings. The minimum atomic E-state index is 0.402. The molecule has 0 atom stereocenters. The molecule has 0 saturated carbocycles. The van der Waals surface area contributed by atoms with Crippen LogP contribution in [0.2, 0.25) is 0 Å². The van der Waals surface area contributed by atoms with Crippen molar-refractivity contribution in [1.82, 2.24) is 0 Å². The molecular weight excluding hydrogens is 377 g/mol. The Kier molecular flexibility index (Phi) is 17.3. The fourth-order valence-electron chi connectivity index (χ4n) is 0.951. The van der Waals surface area contributed by atoms with Crippen LogP contribution in [0.3, 0.4) is 0 Å². The normalized spacial score (nSPS) is 24.0. The van der Waals surface area contributed by atoms with Crippen molar-refractivity contribution in [2.24, 2.45) is 0 Å². The van der Waals surface area contributed by atoms with Gasteiger partial charge in [0.1, 0.15) is 13.6 Å². The van der Waals surface area contributed by atoms with Gasteiger partial charge in [0.25, 0.3) is 0 Å². The van der Waals surface area contributed by atoms with Crippen LogP contribution in [-0.4, -0.2) is 63.0 Å². The molecule has 0 spiro atoms. The second-order valence-electron chi connectivity index (χ2n) is 3.29. The highest BCUT2D eigenvalue weighted by atomic mass is 33.7. The molecule has 0 radical (unpaired) electrons. The fraction of sp³-hybridized carbons (Fsp3) is 1.00. The maximum Gasteiger partial charge on any atom is 0.146 e. The largest absolute Gasteiger partial charge is 0.355 e. The standard InChI is InChI=1S/C10H20O4S6/c1-5-15-16-6-2-12-10-14-4-8-18-20-19-17-7-3-13-9-11-1/h1-10H2. The van der Waals surface area contributed by atoms with Crippen molar-refractivity contribution < 1.29 is 18.9 Å². The van der Waals surface area contributed by atoms with Crippen LogP contribution in [0.15, 0.2) is 0 Å². The minimum Gasteiger partial charge on any atom is -0.355 e. The van der Waals surface area contributed by atoms with E-state index in [1.54, 1.807) is 41.2 Å². The van der Waals surface area contributed by atoms with Crippen LogP contribution in [0.4, 0.5) is 0 Å². The van der Waals surface area contributed by atoms with Gasteiger partial charge in [0, 0.05) is 23.0 Å². The Hall–Kier alpha value is 1.94. The molecule has 1 rings (SSSR count). The topological polar surface area (TPSA) is 36.9 Å². The van der Waals surface area contributed by atoms with Gasteiger partial charge in [-0.25, -0.2) is 0 Å². The van der Waals surface area contributed by atoms with Gasteiger partial charge in [0.15, 0.2) is 0 Å². The predicted molar refractivity (Wildman–Crippen MR) is 98.6 cm³/mol. The average Bonchev–Trinajstić information content (AvgIpc) is 2.46. The van der Waals surface area contributed by atoms with Gasteiger partial charge in [-0.1, -0.05) is 43.2 Å². The maximum absolute atomic E-state index is 5.39. The molecule has 1 saturated heterocycles. The first-order chi connectivity index (χ1) is 10.0. The summed E-state index contributed by atoms with van der Waals surface area (Å²) in [4.78, 5) is 0. The van der Waals surface area contributed by atoms with E-state index >= 15 is 0 Å². The van der Waals surface area contributed by atoms with Gasteiger partial charge in [-0.15, -0.1) is 0 Å². The first-order valence-electron chi connectivity index (χ1n) is 6.13. The first kappa shape index (κ1) is 20.0. The third kappa shape index (κ3) is 14.9. The lowest BCUT2D eigenvalue weighted by atomic mass is 10.8. The van der Waals surface area contributed by atoms with E-state index in [-0.39, 0.29) is 0 Å². The van der Waals surface area contributed by atoms with E-state index in [4.69, 9.17) is 18.9 Å². The highest BCUT2D eigenvalue weighted by Crippen LogP contribution is 2.42. The van der Waals surface area contributed by atoms with Gasteiger partial charge in [0.05, 0.1) is 26.4 Å². The summed E-state index contributed by atoms with van der Waals surface area (Å²) in [7, 11) is 10.8. The van der Waals surface area contributed by atoms with Crippen LogP contribution in [0.1, 0.15) is 0 Å². The van der Waals surface area contributed by atoms with Gasteiger partial charge in [-0.05, 0) is 19.7 Å². The van der Waals surface area contributed by atoms with E-state index in [0.29, 0.717) is 13.6 Å². The van der Waals surface area contributed by atoms with Crippen molar-refractivity contribution in [3.8, 4) is 0 Å². The highest BCUT2D eigenvalue weighted by molar-refractivity contribution is 9.26. The molecule has 0 aliphatic carbocycles. The fourth-order valence-corrected chi connectivity index (χ4v) is 8.37. The van der Waals surface area contributed by atoms with Crippen LogP contribution in [0.5, 0.6) is 0 Å². The molecule has 4 nitrogen and oxygen atoms in total. The molecule has 10 heteroatoms. The first-order valence-corrected chi connectivity index (χ1v) is 13.8. The van der Waals surface area contributed by atoms with Gasteiger partial charge in [-0.2, -0.15) is 0 Å². The SMILES string of the molecule is C1CSSCCOCOCCSSSSCCOCO1. The molecule has 0 N–H and O–H groups in total. The zero-order valence-corrected chi connectivity index (χ0v) is 16.1. The summed E-state index contributed by atoms with van der Waals surface area (Å²) in [5.41, 5.74) is 0. The predicted octanol–water partition coefficient (Wildman–Crippen LogP) is 4.04. The third-order valence-electron chi connectivity index (χ3n) is 1.78. The van der Waals surface area contributed by atoms with Crippen molar-refractivity contribution >= 4 is 62.8 Å². The minimum absolute atomic E-state index is 0.402. The molecule has 1 aliphatic rings. The molecule has 20 heavy (non-hydrogen) atoms. The van der Waals surface area contributed by atoms with Gasteiger partial charge >= 0.3 is 0 Å². The lowest BCUT2D eigenvalue weighted by Crippen LogP contribution is -2.06. The number of hydrogen-bond donors (Lipinski definition) is 0. The van der Waals surface area contributed by atoms with Gasteiger partial charge in [-0.3, -0.25) is 0 Å². The Balaban J connectivity index is 2.00. The Bertz CT molecular complexity index is 116. The van der Waals surface area contributed by atoms with Crippen LogP contribution < -0.4 is 0 Å². The van der Waals surface area contributed by atoms with Crippen molar-refractivity contribution in [1.29, 1.82) is 0 Å². The Labute approximate surface area is 144 Å². The van der Waals surface area contributed by atoms with E-state index in [2.05, 4.69) is 0 Å². The number of rotatable bonds is 0. The van der Waals surface area contributed by atoms with Crippen LogP contribution >= 0.6 is 62.8 Å². The van der Waals surface area contributed by atoms with Crippen LogP contribution in [0, 0.1) is 0 Å². The molecule has 1 heterocycles. The quantitative estimate of drug-likeness (QED) is 0.560. The summed E-state index contributed by atoms with van der Waals surface area (Å²) in [6.45, 7) is 3.75. The maximum atomic E-state index is 5.39. The number of hydrogen-bond acceptors (Lipinski definition) is 10. The second-order valence-corrected chi connectivity index (χ2v) is 12.2. The highest BCUT2D eigenvalue weighted by Gasteiger charge is 1.97. The molecule has 1 fully saturated rings. The number of ether oxygens (including phenoxy) is 4. The summed E-state index contributed by atoms with van der Waals surface area (Å²) < 4.78 is 21.5. The molecule has 0 amide bonds. The van der Waals surface area contributed by atoms with Crippen LogP contribution in [0.25, 0.3) is 0 Å². The Morgan fingerprint density at radius 3 is 1.20 bits per heavy atom. The summed E-state index contributed by atoms with van der Waals surface area (Å²) in [5, 5.41) is 0. The molecule has 0 unspecified atom stereocenters. The van der Waals surface area contributed by atoms with E-state index in [9.17, 15) is 0 Å². The third-order valence-corrected chi connectivity index (χ3v) is 10.5. The monoisotopic (exact) mass is 396 g/mol. The zero-order valence-electron chi connectivity index (χ0n) is 11.2. The molecule has 0 aromatic heterocycles. The van der Waals surface area contributed by atoms with E-state index in [1.807, 2.05) is 21.6 Å². The average molecular weight is 397 g/mol. The van der Waals surface area contributed by atoms with Crippen molar-refractivity contribution in [3.63, 3.8) is 0 Å². The lowest BCUT2D eigenvalue weighted by molar-refractivity contribution is -0.0428. The summed E-state index contributed by atoms with van der Waals surface area (Å²) in [6.07, 6.45) is 0. The molecular formula is C10H20O4S6. The summed E-state index contributed by atoms with van der Waals surface area (Å²) in [5.74, 6) is 3.92. The molecule has 0 bridgehead atoms. The Morgan fingerprint density at radius 1 is 0.450 bits per heavy atom.